The Balaban J connectivity index is 2.98. The molecular weight excluding hydrogens is 111 g/mol. The van der Waals surface area contributed by atoms with E-state index in [2.05, 4.69) is 0 Å². The third-order valence-corrected chi connectivity index (χ3v) is 1.39. The molecule has 0 aliphatic rings. The Bertz CT molecular complexity index is 55.7. The van der Waals surface area contributed by atoms with Gasteiger partial charge in [0.1, 0.15) is 5.85 Å². The summed E-state index contributed by atoms with van der Waals surface area (Å²) in [5.74, 6) is -0.523. The van der Waals surface area contributed by atoms with Crippen molar-refractivity contribution in [3.63, 3.8) is 0 Å². The molecule has 44 valence electrons. The van der Waals surface area contributed by atoms with Gasteiger partial charge < -0.3 is 9.67 Å². The van der Waals surface area contributed by atoms with Gasteiger partial charge in [0.2, 0.25) is 0 Å². The molecule has 0 rings (SSSR count). The summed E-state index contributed by atoms with van der Waals surface area (Å²) in [6.45, 7) is 1.96. The highest BCUT2D eigenvalue weighted by Gasteiger charge is 1.93. The van der Waals surface area contributed by atoms with E-state index >= 15 is 0 Å². The molecule has 0 heterocycles. The summed E-state index contributed by atoms with van der Waals surface area (Å²) in [6, 6.07) is 0. The van der Waals surface area contributed by atoms with E-state index in [1.807, 2.05) is 6.92 Å². The maximum atomic E-state index is 9.85. The molecule has 0 spiro atoms. The van der Waals surface area contributed by atoms with Crippen molar-refractivity contribution < 1.29 is 9.67 Å². The van der Waals surface area contributed by atoms with Crippen LogP contribution >= 0.6 is 8.46 Å². The fourth-order valence-electron chi connectivity index (χ4n) is 0.364. The second kappa shape index (κ2) is 4.35. The molecule has 2 unspecified atom stereocenters. The van der Waals surface area contributed by atoms with Gasteiger partial charge in [-0.25, -0.2) is 0 Å². The number of rotatable bonds is 3. The Morgan fingerprint density at radius 2 is 2.43 bits per heavy atom. The van der Waals surface area contributed by atoms with E-state index in [9.17, 15) is 4.57 Å². The van der Waals surface area contributed by atoms with Gasteiger partial charge in [0.15, 0.2) is 0 Å². The highest BCUT2D eigenvalue weighted by atomic mass is 31.1. The minimum atomic E-state index is -0.962. The summed E-state index contributed by atoms with van der Waals surface area (Å²) < 4.78 is 9.85. The molecule has 0 aliphatic carbocycles. The molecule has 0 saturated heterocycles. The Morgan fingerprint density at radius 3 is 2.57 bits per heavy atom. The van der Waals surface area contributed by atoms with Gasteiger partial charge in [-0.15, -0.1) is 0 Å². The van der Waals surface area contributed by atoms with Gasteiger partial charge >= 0.3 is 0 Å². The van der Waals surface area contributed by atoms with Crippen LogP contribution < -0.4 is 0 Å². The van der Waals surface area contributed by atoms with Crippen LogP contribution in [0, 0.1) is 0 Å². The molecule has 0 bridgehead atoms. The van der Waals surface area contributed by atoms with Crippen LogP contribution in [0.2, 0.25) is 0 Å². The van der Waals surface area contributed by atoms with Crippen LogP contribution in [-0.4, -0.2) is 11.0 Å². The van der Waals surface area contributed by atoms with Crippen molar-refractivity contribution in [1.82, 2.24) is 0 Å². The maximum Gasteiger partial charge on any atom is 0.102 e. The molecule has 0 aliphatic heterocycles. The Morgan fingerprint density at radius 1 is 1.86 bits per heavy atom. The van der Waals surface area contributed by atoms with Crippen molar-refractivity contribution in [2.24, 2.45) is 0 Å². The molecule has 3 heteroatoms. The first-order chi connectivity index (χ1) is 3.31. The third-order valence-electron chi connectivity index (χ3n) is 0.742. The van der Waals surface area contributed by atoms with E-state index in [1.54, 1.807) is 0 Å². The van der Waals surface area contributed by atoms with E-state index in [1.165, 1.54) is 0 Å². The van der Waals surface area contributed by atoms with Crippen LogP contribution in [0.25, 0.3) is 0 Å². The summed E-state index contributed by atoms with van der Waals surface area (Å²) in [5.41, 5.74) is 0. The van der Waals surface area contributed by atoms with E-state index in [-0.39, 0.29) is 0 Å². The fourth-order valence-corrected chi connectivity index (χ4v) is 0.833. The van der Waals surface area contributed by atoms with Crippen LogP contribution in [-0.2, 0) is 4.57 Å². The summed E-state index contributed by atoms with van der Waals surface area (Å²) in [5, 5.41) is 8.58. The molecule has 2 atom stereocenters. The molecule has 0 aromatic rings. The normalized spacial score (nSPS) is 15.7. The van der Waals surface area contributed by atoms with Crippen LogP contribution in [0.4, 0.5) is 0 Å². The highest BCUT2D eigenvalue weighted by molar-refractivity contribution is 7.24. The predicted molar refractivity (Wildman–Crippen MR) is 31.3 cm³/mol. The first-order valence-corrected chi connectivity index (χ1v) is 3.58. The fraction of sp³-hybridized carbons (Fsp3) is 1.00. The van der Waals surface area contributed by atoms with Gasteiger partial charge in [-0.05, 0) is 6.42 Å². The summed E-state index contributed by atoms with van der Waals surface area (Å²) in [4.78, 5) is 0. The zero-order valence-electron chi connectivity index (χ0n) is 4.42. The van der Waals surface area contributed by atoms with Gasteiger partial charge in [-0.1, -0.05) is 13.3 Å². The smallest absolute Gasteiger partial charge is 0.102 e. The van der Waals surface area contributed by atoms with Crippen LogP contribution in [0.5, 0.6) is 0 Å². The quantitative estimate of drug-likeness (QED) is 0.563. The number of aliphatic hydroxyl groups excluding tert-OH is 1. The van der Waals surface area contributed by atoms with Gasteiger partial charge in [0.05, 0.1) is 8.46 Å². The summed E-state index contributed by atoms with van der Waals surface area (Å²) >= 11 is 0. The van der Waals surface area contributed by atoms with Crippen molar-refractivity contribution in [1.29, 1.82) is 0 Å². The number of hydrogen-bond acceptors (Lipinski definition) is 2. The lowest BCUT2D eigenvalue weighted by molar-refractivity contribution is 0.244. The van der Waals surface area contributed by atoms with Gasteiger partial charge in [-0.2, -0.15) is 0 Å². The molecular formula is C4H11O2P. The van der Waals surface area contributed by atoms with Crippen LogP contribution in [0.1, 0.15) is 19.8 Å². The molecule has 7 heavy (non-hydrogen) atoms. The Kier molecular flexibility index (Phi) is 4.47. The zero-order valence-corrected chi connectivity index (χ0v) is 5.58. The second-order valence-electron chi connectivity index (χ2n) is 1.49. The zero-order chi connectivity index (χ0) is 5.70. The number of hydrogen-bond donors (Lipinski definition) is 1. The first-order valence-electron chi connectivity index (χ1n) is 2.44. The maximum absolute atomic E-state index is 9.85. The van der Waals surface area contributed by atoms with E-state index in [4.69, 9.17) is 5.11 Å². The van der Waals surface area contributed by atoms with Crippen LogP contribution in [0.15, 0.2) is 0 Å². The predicted octanol–water partition coefficient (Wildman–Crippen LogP) is 0.861. The average molecular weight is 122 g/mol. The highest BCUT2D eigenvalue weighted by Crippen LogP contribution is 2.07. The van der Waals surface area contributed by atoms with E-state index in [0.717, 1.165) is 6.42 Å². The van der Waals surface area contributed by atoms with Gasteiger partial charge in [0.25, 0.3) is 0 Å². The van der Waals surface area contributed by atoms with Crippen molar-refractivity contribution in [2.75, 3.05) is 0 Å². The minimum Gasteiger partial charge on any atom is -0.386 e. The first kappa shape index (κ1) is 7.19. The van der Waals surface area contributed by atoms with E-state index in [0.29, 0.717) is 6.42 Å². The Labute approximate surface area is 44.7 Å². The van der Waals surface area contributed by atoms with Crippen LogP contribution in [0.3, 0.4) is 0 Å². The molecule has 0 fully saturated rings. The lowest BCUT2D eigenvalue weighted by atomic mass is 10.4. The minimum absolute atomic E-state index is 0.523. The van der Waals surface area contributed by atoms with Gasteiger partial charge in [-0.3, -0.25) is 0 Å². The molecule has 0 aromatic heterocycles. The van der Waals surface area contributed by atoms with Crippen molar-refractivity contribution in [2.45, 2.75) is 25.6 Å². The molecule has 2 nitrogen and oxygen atoms in total. The SMILES string of the molecule is CCCC(O)[PH2]=O. The average Bonchev–Trinajstić information content (AvgIpc) is 1.68. The lowest BCUT2D eigenvalue weighted by Crippen LogP contribution is -1.92. The largest absolute Gasteiger partial charge is 0.386 e. The standard InChI is InChI=1S/C4H11O2P/c1-2-3-4(5)7-6/h4-5H,2-3,7H2,1H3. The number of aliphatic hydroxyl groups is 1. The van der Waals surface area contributed by atoms with E-state index < -0.39 is 14.3 Å². The molecule has 0 saturated carbocycles. The molecule has 0 amide bonds. The summed E-state index contributed by atoms with van der Waals surface area (Å²) in [6.07, 6.45) is 1.59. The topological polar surface area (TPSA) is 37.3 Å². The van der Waals surface area contributed by atoms with Gasteiger partial charge in [0, 0.05) is 0 Å². The lowest BCUT2D eigenvalue weighted by Gasteiger charge is -1.95. The third kappa shape index (κ3) is 4.03. The molecule has 0 aromatic carbocycles. The Hall–Kier alpha value is 0.190. The molecule has 0 radical (unpaired) electrons. The molecule has 1 N–H and O–H groups in total. The summed E-state index contributed by atoms with van der Waals surface area (Å²) in [7, 11) is -0.962. The van der Waals surface area contributed by atoms with Crippen molar-refractivity contribution in [3.05, 3.63) is 0 Å². The van der Waals surface area contributed by atoms with Crippen molar-refractivity contribution in [3.8, 4) is 0 Å². The second-order valence-corrected chi connectivity index (χ2v) is 2.53. The van der Waals surface area contributed by atoms with Crippen molar-refractivity contribution >= 4 is 8.46 Å². The monoisotopic (exact) mass is 122 g/mol.